The molecule has 0 bridgehead atoms. The normalized spacial score (nSPS) is 16.8. The fraction of sp³-hybridized carbons (Fsp3) is 0.357. The molecule has 0 atom stereocenters. The molecule has 1 aliphatic carbocycles. The highest BCUT2D eigenvalue weighted by molar-refractivity contribution is 5.79. The van der Waals surface area contributed by atoms with Gasteiger partial charge in [0.05, 0.1) is 5.56 Å². The second kappa shape index (κ2) is 4.91. The molecule has 1 fully saturated rings. The minimum Gasteiger partial charge on any atom is -0.339 e. The van der Waals surface area contributed by atoms with Crippen LogP contribution in [0.3, 0.4) is 0 Å². The van der Waals surface area contributed by atoms with Gasteiger partial charge in [-0.05, 0) is 25.0 Å². The Morgan fingerprint density at radius 3 is 2.68 bits per heavy atom. The zero-order chi connectivity index (χ0) is 13.2. The van der Waals surface area contributed by atoms with E-state index < -0.39 is 0 Å². The van der Waals surface area contributed by atoms with Crippen molar-refractivity contribution in [3.63, 3.8) is 0 Å². The number of carbonyl (C=O) groups is 1. The summed E-state index contributed by atoms with van der Waals surface area (Å²) in [5, 5.41) is 3.83. The standard InChI is InChI=1S/C14H13FN2O2/c15-12-4-2-1-3-11(12)13-16-14(19-17-13)9-5-7-10(18)8-6-9/h1-4,9H,5-8H2. The third-order valence-electron chi connectivity index (χ3n) is 3.45. The molecule has 1 aromatic carbocycles. The van der Waals surface area contributed by atoms with E-state index in [2.05, 4.69) is 10.1 Å². The number of hydrogen-bond acceptors (Lipinski definition) is 4. The minimum atomic E-state index is -0.367. The van der Waals surface area contributed by atoms with Crippen molar-refractivity contribution in [2.75, 3.05) is 0 Å². The summed E-state index contributed by atoms with van der Waals surface area (Å²) in [6.07, 6.45) is 2.58. The number of benzene rings is 1. The number of halogens is 1. The van der Waals surface area contributed by atoms with E-state index in [0.29, 0.717) is 24.3 Å². The molecule has 0 N–H and O–H groups in total. The van der Waals surface area contributed by atoms with E-state index in [9.17, 15) is 9.18 Å². The van der Waals surface area contributed by atoms with Crippen LogP contribution in [0.4, 0.5) is 4.39 Å². The van der Waals surface area contributed by atoms with Gasteiger partial charge in [0.25, 0.3) is 0 Å². The van der Waals surface area contributed by atoms with Crippen LogP contribution in [0.2, 0.25) is 0 Å². The van der Waals surface area contributed by atoms with Crippen LogP contribution in [-0.2, 0) is 4.79 Å². The Kier molecular flexibility index (Phi) is 3.11. The number of nitrogens with zero attached hydrogens (tertiary/aromatic N) is 2. The first kappa shape index (κ1) is 12.0. The average molecular weight is 260 g/mol. The Morgan fingerprint density at radius 2 is 1.95 bits per heavy atom. The van der Waals surface area contributed by atoms with Crippen molar-refractivity contribution in [1.29, 1.82) is 0 Å². The molecule has 0 amide bonds. The van der Waals surface area contributed by atoms with Crippen LogP contribution in [0, 0.1) is 5.82 Å². The van der Waals surface area contributed by atoms with Gasteiger partial charge in [0, 0.05) is 18.8 Å². The van der Waals surface area contributed by atoms with Gasteiger partial charge in [0.2, 0.25) is 11.7 Å². The Morgan fingerprint density at radius 1 is 1.21 bits per heavy atom. The molecule has 19 heavy (non-hydrogen) atoms. The lowest BCUT2D eigenvalue weighted by Crippen LogP contribution is -2.12. The number of ketones is 1. The lowest BCUT2D eigenvalue weighted by atomic mass is 9.88. The monoisotopic (exact) mass is 260 g/mol. The summed E-state index contributed by atoms with van der Waals surface area (Å²) in [6, 6.07) is 6.33. The molecule has 2 aromatic rings. The highest BCUT2D eigenvalue weighted by Gasteiger charge is 2.25. The van der Waals surface area contributed by atoms with Crippen molar-refractivity contribution >= 4 is 5.78 Å². The van der Waals surface area contributed by atoms with Crippen LogP contribution in [0.1, 0.15) is 37.5 Å². The van der Waals surface area contributed by atoms with Crippen molar-refractivity contribution in [3.05, 3.63) is 36.0 Å². The van der Waals surface area contributed by atoms with Gasteiger partial charge in [-0.2, -0.15) is 4.98 Å². The van der Waals surface area contributed by atoms with E-state index in [1.165, 1.54) is 6.07 Å². The van der Waals surface area contributed by atoms with E-state index in [0.717, 1.165) is 12.8 Å². The number of Topliss-reactive ketones (excluding diaryl/α,β-unsaturated/α-hetero) is 1. The highest BCUT2D eigenvalue weighted by atomic mass is 19.1. The van der Waals surface area contributed by atoms with Gasteiger partial charge in [-0.25, -0.2) is 4.39 Å². The molecule has 1 saturated carbocycles. The van der Waals surface area contributed by atoms with Gasteiger partial charge in [0.15, 0.2) is 0 Å². The lowest BCUT2D eigenvalue weighted by Gasteiger charge is -2.16. The third kappa shape index (κ3) is 2.41. The quantitative estimate of drug-likeness (QED) is 0.832. The molecule has 1 heterocycles. The van der Waals surface area contributed by atoms with Crippen molar-refractivity contribution in [3.8, 4) is 11.4 Å². The van der Waals surface area contributed by atoms with Crippen LogP contribution < -0.4 is 0 Å². The molecule has 1 aromatic heterocycles. The summed E-state index contributed by atoms with van der Waals surface area (Å²) in [7, 11) is 0. The Labute approximate surface area is 109 Å². The average Bonchev–Trinajstić information content (AvgIpc) is 2.89. The minimum absolute atomic E-state index is 0.116. The molecule has 98 valence electrons. The smallest absolute Gasteiger partial charge is 0.230 e. The first-order valence-corrected chi connectivity index (χ1v) is 6.34. The molecule has 4 nitrogen and oxygen atoms in total. The number of aromatic nitrogens is 2. The van der Waals surface area contributed by atoms with E-state index in [4.69, 9.17) is 4.52 Å². The van der Waals surface area contributed by atoms with Gasteiger partial charge >= 0.3 is 0 Å². The summed E-state index contributed by atoms with van der Waals surface area (Å²) in [5.74, 6) is 0.806. The second-order valence-electron chi connectivity index (χ2n) is 4.75. The molecule has 0 aliphatic heterocycles. The Bertz CT molecular complexity index is 599. The molecule has 5 heteroatoms. The predicted molar refractivity (Wildman–Crippen MR) is 65.9 cm³/mol. The zero-order valence-electron chi connectivity index (χ0n) is 10.3. The van der Waals surface area contributed by atoms with E-state index in [1.807, 2.05) is 0 Å². The van der Waals surface area contributed by atoms with Crippen LogP contribution in [0.15, 0.2) is 28.8 Å². The van der Waals surface area contributed by atoms with Crippen LogP contribution in [0.25, 0.3) is 11.4 Å². The molecule has 1 aliphatic rings. The number of hydrogen-bond donors (Lipinski definition) is 0. The Balaban J connectivity index is 1.84. The molecule has 0 saturated heterocycles. The van der Waals surface area contributed by atoms with Gasteiger partial charge < -0.3 is 4.52 Å². The highest BCUT2D eigenvalue weighted by Crippen LogP contribution is 2.31. The molecule has 3 rings (SSSR count). The second-order valence-corrected chi connectivity index (χ2v) is 4.75. The van der Waals surface area contributed by atoms with Crippen molar-refractivity contribution in [2.24, 2.45) is 0 Å². The van der Waals surface area contributed by atoms with Gasteiger partial charge in [-0.15, -0.1) is 0 Å². The molecule has 0 unspecified atom stereocenters. The van der Waals surface area contributed by atoms with Crippen molar-refractivity contribution < 1.29 is 13.7 Å². The maximum absolute atomic E-state index is 13.6. The molecular formula is C14H13FN2O2. The fourth-order valence-electron chi connectivity index (χ4n) is 2.34. The van der Waals surface area contributed by atoms with E-state index in [-0.39, 0.29) is 23.3 Å². The summed E-state index contributed by atoms with van der Waals surface area (Å²) >= 11 is 0. The molecular weight excluding hydrogens is 247 g/mol. The van der Waals surface area contributed by atoms with E-state index >= 15 is 0 Å². The zero-order valence-corrected chi connectivity index (χ0v) is 10.3. The van der Waals surface area contributed by atoms with E-state index in [1.54, 1.807) is 18.2 Å². The van der Waals surface area contributed by atoms with Crippen molar-refractivity contribution in [2.45, 2.75) is 31.6 Å². The maximum Gasteiger partial charge on any atom is 0.230 e. The SMILES string of the molecule is O=C1CCC(c2nc(-c3ccccc3F)no2)CC1. The first-order chi connectivity index (χ1) is 9.24. The van der Waals surface area contributed by atoms with Crippen molar-refractivity contribution in [1.82, 2.24) is 10.1 Å². The summed E-state index contributed by atoms with van der Waals surface area (Å²) in [5.41, 5.74) is 0.337. The summed E-state index contributed by atoms with van der Waals surface area (Å²) < 4.78 is 18.8. The number of rotatable bonds is 2. The lowest BCUT2D eigenvalue weighted by molar-refractivity contribution is -0.120. The summed E-state index contributed by atoms with van der Waals surface area (Å²) in [4.78, 5) is 15.5. The first-order valence-electron chi connectivity index (χ1n) is 6.34. The van der Waals surface area contributed by atoms with Crippen LogP contribution in [-0.4, -0.2) is 15.9 Å². The maximum atomic E-state index is 13.6. The van der Waals surface area contributed by atoms with Gasteiger partial charge in [-0.1, -0.05) is 17.3 Å². The summed E-state index contributed by atoms with van der Waals surface area (Å²) in [6.45, 7) is 0. The topological polar surface area (TPSA) is 56.0 Å². The predicted octanol–water partition coefficient (Wildman–Crippen LogP) is 3.10. The molecule has 0 spiro atoms. The van der Waals surface area contributed by atoms with Crippen LogP contribution >= 0.6 is 0 Å². The fourth-order valence-corrected chi connectivity index (χ4v) is 2.34. The molecule has 0 radical (unpaired) electrons. The van der Waals surface area contributed by atoms with Gasteiger partial charge in [0.1, 0.15) is 11.6 Å². The van der Waals surface area contributed by atoms with Crippen LogP contribution in [0.5, 0.6) is 0 Å². The largest absolute Gasteiger partial charge is 0.339 e. The van der Waals surface area contributed by atoms with Gasteiger partial charge in [-0.3, -0.25) is 4.79 Å². The number of carbonyl (C=O) groups excluding carboxylic acids is 1. The third-order valence-corrected chi connectivity index (χ3v) is 3.45. The Hall–Kier alpha value is -2.04.